The fraction of sp³-hybridized carbons (Fsp3) is 0.571. The number of benzene rings is 1. The van der Waals surface area contributed by atoms with Crippen molar-refractivity contribution < 1.29 is 14.9 Å². The van der Waals surface area contributed by atoms with Crippen LogP contribution in [0.3, 0.4) is 0 Å². The van der Waals surface area contributed by atoms with E-state index in [-0.39, 0.29) is 18.8 Å². The molecule has 3 unspecified atom stereocenters. The molecule has 1 aliphatic heterocycles. The van der Waals surface area contributed by atoms with E-state index in [1.165, 1.54) is 0 Å². The molecule has 0 aromatic heterocycles. The Morgan fingerprint density at radius 2 is 2.26 bits per heavy atom. The highest BCUT2D eigenvalue weighted by Gasteiger charge is 2.26. The lowest BCUT2D eigenvalue weighted by atomic mass is 10.1. The van der Waals surface area contributed by atoms with Crippen LogP contribution >= 0.6 is 0 Å². The Balaban J connectivity index is 1.96. The minimum atomic E-state index is -0.576. The monoisotopic (exact) mass is 266 g/mol. The number of hydrogen-bond donors (Lipinski definition) is 3. The molecule has 1 aliphatic rings. The summed E-state index contributed by atoms with van der Waals surface area (Å²) in [5.74, 6) is 0. The zero-order chi connectivity index (χ0) is 13.8. The van der Waals surface area contributed by atoms with Gasteiger partial charge in [-0.2, -0.15) is 0 Å². The van der Waals surface area contributed by atoms with Crippen molar-refractivity contribution in [3.8, 4) is 0 Å². The van der Waals surface area contributed by atoms with Crippen molar-refractivity contribution in [3.05, 3.63) is 29.8 Å². The molecule has 1 aromatic rings. The number of nitrogen functional groups attached to an aromatic ring is 1. The second-order valence-corrected chi connectivity index (χ2v) is 5.16. The van der Waals surface area contributed by atoms with E-state index in [4.69, 9.17) is 10.5 Å². The van der Waals surface area contributed by atoms with Crippen molar-refractivity contribution in [1.29, 1.82) is 0 Å². The number of β-amino-alcohol motifs (C(OH)–C–C–N with tert-alkyl or cyclic N) is 1. The third-order valence-electron chi connectivity index (χ3n) is 3.33. The molecule has 0 spiro atoms. The van der Waals surface area contributed by atoms with Gasteiger partial charge in [0, 0.05) is 25.3 Å². The van der Waals surface area contributed by atoms with Crippen molar-refractivity contribution >= 4 is 5.69 Å². The molecule has 1 fully saturated rings. The maximum Gasteiger partial charge on any atom is 0.0936 e. The highest BCUT2D eigenvalue weighted by molar-refractivity contribution is 5.41. The van der Waals surface area contributed by atoms with E-state index in [0.29, 0.717) is 18.8 Å². The first-order valence-electron chi connectivity index (χ1n) is 6.60. The van der Waals surface area contributed by atoms with Crippen molar-refractivity contribution in [2.75, 3.05) is 32.0 Å². The van der Waals surface area contributed by atoms with Crippen LogP contribution in [-0.2, 0) is 4.74 Å². The summed E-state index contributed by atoms with van der Waals surface area (Å²) in [6.07, 6.45) is -0.677. The number of morpholine rings is 1. The van der Waals surface area contributed by atoms with Crippen LogP contribution in [0.15, 0.2) is 24.3 Å². The molecule has 5 nitrogen and oxygen atoms in total. The van der Waals surface area contributed by atoms with E-state index < -0.39 is 6.10 Å². The molecular weight excluding hydrogens is 244 g/mol. The molecule has 106 valence electrons. The molecule has 19 heavy (non-hydrogen) atoms. The molecule has 1 aromatic carbocycles. The van der Waals surface area contributed by atoms with E-state index >= 15 is 0 Å². The predicted molar refractivity (Wildman–Crippen MR) is 73.7 cm³/mol. The number of ether oxygens (including phenoxy) is 1. The summed E-state index contributed by atoms with van der Waals surface area (Å²) in [7, 11) is 0. The number of rotatable bonds is 4. The summed E-state index contributed by atoms with van der Waals surface area (Å²) in [5.41, 5.74) is 7.19. The first-order valence-corrected chi connectivity index (χ1v) is 6.60. The van der Waals surface area contributed by atoms with Gasteiger partial charge in [-0.05, 0) is 24.6 Å². The Kier molecular flexibility index (Phi) is 4.76. The van der Waals surface area contributed by atoms with Gasteiger partial charge in [0.15, 0.2) is 0 Å². The first kappa shape index (κ1) is 14.3. The molecule has 1 heterocycles. The number of hydrogen-bond acceptors (Lipinski definition) is 5. The summed E-state index contributed by atoms with van der Waals surface area (Å²) < 4.78 is 5.58. The summed E-state index contributed by atoms with van der Waals surface area (Å²) >= 11 is 0. The molecule has 5 heteroatoms. The standard InChI is InChI=1S/C14H22N2O3/c1-10-6-16(7-13(9-17)19-10)8-14(18)11-3-2-4-12(15)5-11/h2-5,10,13-14,17-18H,6-9,15H2,1H3. The van der Waals surface area contributed by atoms with Gasteiger partial charge in [-0.1, -0.05) is 12.1 Å². The Morgan fingerprint density at radius 1 is 1.47 bits per heavy atom. The Labute approximate surface area is 113 Å². The summed E-state index contributed by atoms with van der Waals surface area (Å²) in [5, 5.41) is 19.4. The molecule has 0 amide bonds. The van der Waals surface area contributed by atoms with Gasteiger partial charge in [0.05, 0.1) is 24.9 Å². The lowest BCUT2D eigenvalue weighted by Crippen LogP contribution is -2.49. The molecule has 0 radical (unpaired) electrons. The maximum absolute atomic E-state index is 10.2. The minimum absolute atomic E-state index is 0.00915. The number of nitrogens with two attached hydrogens (primary N) is 1. The SMILES string of the molecule is CC1CN(CC(O)c2cccc(N)c2)CC(CO)O1. The van der Waals surface area contributed by atoms with E-state index in [9.17, 15) is 10.2 Å². The van der Waals surface area contributed by atoms with E-state index in [2.05, 4.69) is 4.90 Å². The average molecular weight is 266 g/mol. The minimum Gasteiger partial charge on any atom is -0.399 e. The fourth-order valence-electron chi connectivity index (χ4n) is 2.51. The zero-order valence-electron chi connectivity index (χ0n) is 11.2. The molecular formula is C14H22N2O3. The predicted octanol–water partition coefficient (Wildman–Crippen LogP) is 0.384. The van der Waals surface area contributed by atoms with E-state index in [1.807, 2.05) is 19.1 Å². The highest BCUT2D eigenvalue weighted by atomic mass is 16.5. The van der Waals surface area contributed by atoms with Gasteiger partial charge in [0.25, 0.3) is 0 Å². The van der Waals surface area contributed by atoms with Crippen LogP contribution in [0.1, 0.15) is 18.6 Å². The Bertz CT molecular complexity index is 413. The number of anilines is 1. The number of nitrogens with zero attached hydrogens (tertiary/aromatic N) is 1. The van der Waals surface area contributed by atoms with Crippen LogP contribution in [0.25, 0.3) is 0 Å². The lowest BCUT2D eigenvalue weighted by molar-refractivity contribution is -0.102. The van der Waals surface area contributed by atoms with Crippen LogP contribution in [0.4, 0.5) is 5.69 Å². The van der Waals surface area contributed by atoms with Crippen molar-refractivity contribution in [3.63, 3.8) is 0 Å². The van der Waals surface area contributed by atoms with Gasteiger partial charge >= 0.3 is 0 Å². The van der Waals surface area contributed by atoms with Gasteiger partial charge in [-0.15, -0.1) is 0 Å². The topological polar surface area (TPSA) is 79.0 Å². The van der Waals surface area contributed by atoms with Crippen LogP contribution in [0.2, 0.25) is 0 Å². The largest absolute Gasteiger partial charge is 0.399 e. The van der Waals surface area contributed by atoms with Crippen LogP contribution in [-0.4, -0.2) is 53.6 Å². The van der Waals surface area contributed by atoms with Gasteiger partial charge in [-0.3, -0.25) is 4.90 Å². The van der Waals surface area contributed by atoms with Gasteiger partial charge < -0.3 is 20.7 Å². The summed E-state index contributed by atoms with van der Waals surface area (Å²) in [6.45, 7) is 3.90. The van der Waals surface area contributed by atoms with Gasteiger partial charge in [0.2, 0.25) is 0 Å². The highest BCUT2D eigenvalue weighted by Crippen LogP contribution is 2.19. The molecule has 0 saturated carbocycles. The molecule has 1 saturated heterocycles. The van der Waals surface area contributed by atoms with Crippen LogP contribution in [0, 0.1) is 0 Å². The Morgan fingerprint density at radius 3 is 2.95 bits per heavy atom. The van der Waals surface area contributed by atoms with E-state index in [0.717, 1.165) is 12.1 Å². The van der Waals surface area contributed by atoms with Crippen LogP contribution < -0.4 is 5.73 Å². The maximum atomic E-state index is 10.2. The molecule has 0 aliphatic carbocycles. The molecule has 3 atom stereocenters. The third kappa shape index (κ3) is 3.91. The second-order valence-electron chi connectivity index (χ2n) is 5.16. The zero-order valence-corrected chi connectivity index (χ0v) is 11.2. The van der Waals surface area contributed by atoms with Crippen molar-refractivity contribution in [1.82, 2.24) is 4.90 Å². The van der Waals surface area contributed by atoms with Gasteiger partial charge in [-0.25, -0.2) is 0 Å². The van der Waals surface area contributed by atoms with Crippen LogP contribution in [0.5, 0.6) is 0 Å². The first-order chi connectivity index (χ1) is 9.08. The molecule has 4 N–H and O–H groups in total. The second kappa shape index (κ2) is 6.34. The van der Waals surface area contributed by atoms with Gasteiger partial charge in [0.1, 0.15) is 0 Å². The average Bonchev–Trinajstić information content (AvgIpc) is 2.38. The number of aliphatic hydroxyl groups is 2. The Hall–Kier alpha value is -1.14. The van der Waals surface area contributed by atoms with Crippen molar-refractivity contribution in [2.45, 2.75) is 25.2 Å². The van der Waals surface area contributed by atoms with Crippen molar-refractivity contribution in [2.24, 2.45) is 0 Å². The summed E-state index contributed by atoms with van der Waals surface area (Å²) in [6, 6.07) is 7.30. The lowest BCUT2D eigenvalue weighted by Gasteiger charge is -2.37. The normalized spacial score (nSPS) is 26.3. The van der Waals surface area contributed by atoms with E-state index in [1.54, 1.807) is 12.1 Å². The fourth-order valence-corrected chi connectivity index (χ4v) is 2.51. The number of aliphatic hydroxyl groups excluding tert-OH is 2. The molecule has 2 rings (SSSR count). The smallest absolute Gasteiger partial charge is 0.0936 e. The third-order valence-corrected chi connectivity index (χ3v) is 3.33. The quantitative estimate of drug-likeness (QED) is 0.687. The summed E-state index contributed by atoms with van der Waals surface area (Å²) in [4.78, 5) is 2.11. The molecule has 0 bridgehead atoms.